The van der Waals surface area contributed by atoms with Crippen LogP contribution in [-0.4, -0.2) is 42.4 Å². The lowest BCUT2D eigenvalue weighted by Gasteiger charge is -2.15. The van der Waals surface area contributed by atoms with Crippen LogP contribution < -0.4 is 14.8 Å². The first-order valence-electron chi connectivity index (χ1n) is 9.53. The lowest BCUT2D eigenvalue weighted by atomic mass is 10.1. The molecule has 29 heavy (non-hydrogen) atoms. The maximum absolute atomic E-state index is 6.65. The Morgan fingerprint density at radius 1 is 1.10 bits per heavy atom. The molecule has 1 aromatic carbocycles. The molecule has 0 fully saturated rings. The predicted octanol–water partition coefficient (Wildman–Crippen LogP) is 5.64. The van der Waals surface area contributed by atoms with Crippen molar-refractivity contribution in [3.8, 4) is 22.2 Å². The molecule has 0 saturated heterocycles. The van der Waals surface area contributed by atoms with Gasteiger partial charge in [-0.1, -0.05) is 11.6 Å². The quantitative estimate of drug-likeness (QED) is 0.438. The van der Waals surface area contributed by atoms with Crippen molar-refractivity contribution in [3.05, 3.63) is 28.6 Å². The third-order valence-corrected chi connectivity index (χ3v) is 5.14. The van der Waals surface area contributed by atoms with Gasteiger partial charge in [0.2, 0.25) is 0 Å². The van der Waals surface area contributed by atoms with Gasteiger partial charge in [0.05, 0.1) is 18.2 Å². The monoisotopic (exact) mass is 435 g/mol. The predicted molar refractivity (Wildman–Crippen MR) is 120 cm³/mol. The van der Waals surface area contributed by atoms with Crippen LogP contribution >= 0.6 is 22.9 Å². The topological polar surface area (TPSA) is 65.5 Å². The summed E-state index contributed by atoms with van der Waals surface area (Å²) in [6.07, 6.45) is 0.0133. The Labute approximate surface area is 180 Å². The molecule has 3 rings (SSSR count). The Bertz CT molecular complexity index is 975. The van der Waals surface area contributed by atoms with Gasteiger partial charge >= 0.3 is 0 Å². The van der Waals surface area contributed by atoms with Crippen molar-refractivity contribution in [2.45, 2.75) is 39.8 Å². The van der Waals surface area contributed by atoms with Crippen LogP contribution in [0.5, 0.6) is 11.5 Å². The van der Waals surface area contributed by atoms with Gasteiger partial charge in [0.15, 0.2) is 0 Å². The number of ether oxygens (including phenoxy) is 3. The highest BCUT2D eigenvalue weighted by Crippen LogP contribution is 2.39. The normalized spacial score (nSPS) is 11.4. The number of thiazole rings is 1. The second-order valence-corrected chi connectivity index (χ2v) is 8.36. The van der Waals surface area contributed by atoms with Crippen molar-refractivity contribution < 1.29 is 14.2 Å². The molecular weight excluding hydrogens is 410 g/mol. The van der Waals surface area contributed by atoms with Gasteiger partial charge in [-0.25, -0.2) is 9.97 Å². The molecule has 8 heteroatoms. The van der Waals surface area contributed by atoms with E-state index < -0.39 is 0 Å². The minimum Gasteiger partial charge on any atom is -0.490 e. The highest BCUT2D eigenvalue weighted by Gasteiger charge is 2.17. The summed E-state index contributed by atoms with van der Waals surface area (Å²) in [6.45, 7) is 9.02. The Morgan fingerprint density at radius 2 is 1.90 bits per heavy atom. The number of fused-ring (bicyclic) bond motifs is 1. The van der Waals surface area contributed by atoms with Crippen molar-refractivity contribution in [1.82, 2.24) is 9.97 Å². The molecule has 156 valence electrons. The molecule has 6 nitrogen and oxygen atoms in total. The third kappa shape index (κ3) is 5.29. The number of rotatable bonds is 9. The fraction of sp³-hybridized carbons (Fsp3) is 0.429. The number of halogens is 1. The summed E-state index contributed by atoms with van der Waals surface area (Å²) in [4.78, 5) is 9.45. The molecule has 0 aliphatic heterocycles. The molecule has 0 unspecified atom stereocenters. The van der Waals surface area contributed by atoms with E-state index in [0.29, 0.717) is 41.2 Å². The smallest absolute Gasteiger partial charge is 0.144 e. The first kappa shape index (κ1) is 21.6. The van der Waals surface area contributed by atoms with E-state index in [2.05, 4.69) is 24.1 Å². The fourth-order valence-electron chi connectivity index (χ4n) is 2.77. The van der Waals surface area contributed by atoms with Crippen LogP contribution in [0, 0.1) is 0 Å². The van der Waals surface area contributed by atoms with Crippen LogP contribution in [-0.2, 0) is 4.74 Å². The van der Waals surface area contributed by atoms with Gasteiger partial charge in [-0.2, -0.15) is 0 Å². The lowest BCUT2D eigenvalue weighted by molar-refractivity contribution is 0.146. The van der Waals surface area contributed by atoms with E-state index in [0.717, 1.165) is 22.0 Å². The summed E-state index contributed by atoms with van der Waals surface area (Å²) in [5.41, 5.74) is 1.34. The zero-order valence-corrected chi connectivity index (χ0v) is 18.9. The maximum atomic E-state index is 6.65. The molecular formula is C21H26ClN3O3S. The third-order valence-electron chi connectivity index (χ3n) is 3.91. The lowest BCUT2D eigenvalue weighted by Crippen LogP contribution is -2.09. The van der Waals surface area contributed by atoms with E-state index in [9.17, 15) is 0 Å². The Morgan fingerprint density at radius 3 is 2.59 bits per heavy atom. The number of pyridine rings is 1. The molecule has 1 N–H and O–H groups in total. The molecule has 0 atom stereocenters. The van der Waals surface area contributed by atoms with Gasteiger partial charge in [0.1, 0.15) is 39.6 Å². The largest absolute Gasteiger partial charge is 0.490 e. The van der Waals surface area contributed by atoms with Gasteiger partial charge < -0.3 is 19.5 Å². The number of benzene rings is 1. The van der Waals surface area contributed by atoms with Gasteiger partial charge in [0, 0.05) is 30.0 Å². The van der Waals surface area contributed by atoms with Gasteiger partial charge in [-0.3, -0.25) is 0 Å². The van der Waals surface area contributed by atoms with E-state index in [-0.39, 0.29) is 6.10 Å². The molecule has 0 radical (unpaired) electrons. The Kier molecular flexibility index (Phi) is 7.16. The minimum absolute atomic E-state index is 0.0133. The molecule has 0 amide bonds. The first-order chi connectivity index (χ1) is 13.9. The number of anilines is 1. The van der Waals surface area contributed by atoms with Crippen LogP contribution in [0.25, 0.3) is 21.6 Å². The molecule has 0 aliphatic rings. The van der Waals surface area contributed by atoms with E-state index in [1.165, 1.54) is 11.3 Å². The van der Waals surface area contributed by atoms with Gasteiger partial charge in [-0.05, 0) is 39.8 Å². The SMILES string of the molecule is COCCOc1ccc2c(OC(C)C)cc(-c3nc(NC(C)C)cs3)nc2c1Cl. The van der Waals surface area contributed by atoms with Crippen LogP contribution in [0.2, 0.25) is 5.02 Å². The van der Waals surface area contributed by atoms with Crippen LogP contribution in [0.1, 0.15) is 27.7 Å². The van der Waals surface area contributed by atoms with Crippen molar-refractivity contribution >= 4 is 39.7 Å². The number of aromatic nitrogens is 2. The van der Waals surface area contributed by atoms with Crippen LogP contribution in [0.3, 0.4) is 0 Å². The van der Waals surface area contributed by atoms with E-state index in [1.807, 2.05) is 37.4 Å². The van der Waals surface area contributed by atoms with E-state index in [4.69, 9.17) is 30.8 Å². The van der Waals surface area contributed by atoms with Gasteiger partial charge in [0.25, 0.3) is 0 Å². The summed E-state index contributed by atoms with van der Waals surface area (Å²) >= 11 is 8.17. The second-order valence-electron chi connectivity index (χ2n) is 7.12. The Hall–Kier alpha value is -2.09. The molecule has 0 aliphatic carbocycles. The van der Waals surface area contributed by atoms with Gasteiger partial charge in [-0.15, -0.1) is 11.3 Å². The highest BCUT2D eigenvalue weighted by molar-refractivity contribution is 7.13. The first-order valence-corrected chi connectivity index (χ1v) is 10.8. The van der Waals surface area contributed by atoms with Crippen LogP contribution in [0.4, 0.5) is 5.82 Å². The van der Waals surface area contributed by atoms with Crippen molar-refractivity contribution in [3.63, 3.8) is 0 Å². The highest BCUT2D eigenvalue weighted by atomic mass is 35.5. The standard InChI is InChI=1S/C21H26ClN3O3S/c1-12(2)23-18-11-29-21(25-18)15-10-17(28-13(3)4)14-6-7-16(27-9-8-26-5)19(22)20(14)24-15/h6-7,10-13,23H,8-9H2,1-5H3. The van der Waals surface area contributed by atoms with Crippen LogP contribution in [0.15, 0.2) is 23.6 Å². The average Bonchev–Trinajstić information content (AvgIpc) is 3.11. The van der Waals surface area contributed by atoms with Crippen molar-refractivity contribution in [2.75, 3.05) is 25.6 Å². The zero-order valence-electron chi connectivity index (χ0n) is 17.3. The fourth-order valence-corrected chi connectivity index (χ4v) is 3.75. The summed E-state index contributed by atoms with van der Waals surface area (Å²) in [6, 6.07) is 5.98. The molecule has 2 heterocycles. The molecule has 2 aromatic heterocycles. The molecule has 0 spiro atoms. The van der Waals surface area contributed by atoms with E-state index >= 15 is 0 Å². The summed E-state index contributed by atoms with van der Waals surface area (Å²) in [5.74, 6) is 2.12. The summed E-state index contributed by atoms with van der Waals surface area (Å²) in [7, 11) is 1.63. The van der Waals surface area contributed by atoms with E-state index in [1.54, 1.807) is 7.11 Å². The number of hydrogen-bond donors (Lipinski definition) is 1. The average molecular weight is 436 g/mol. The maximum Gasteiger partial charge on any atom is 0.144 e. The minimum atomic E-state index is 0.0133. The van der Waals surface area contributed by atoms with Crippen molar-refractivity contribution in [2.24, 2.45) is 0 Å². The molecule has 0 bridgehead atoms. The number of nitrogens with zero attached hydrogens (tertiary/aromatic N) is 2. The van der Waals surface area contributed by atoms with Crippen molar-refractivity contribution in [1.29, 1.82) is 0 Å². The Balaban J connectivity index is 2.07. The summed E-state index contributed by atoms with van der Waals surface area (Å²) in [5, 5.41) is 7.38. The number of nitrogens with one attached hydrogen (secondary N) is 1. The zero-order chi connectivity index (χ0) is 21.0. The second kappa shape index (κ2) is 9.61. The molecule has 3 aromatic rings. The number of methoxy groups -OCH3 is 1. The molecule has 0 saturated carbocycles. The number of hydrogen-bond acceptors (Lipinski definition) is 7. The summed E-state index contributed by atoms with van der Waals surface area (Å²) < 4.78 is 16.8.